The molecule has 0 aromatic heterocycles. The third kappa shape index (κ3) is 29.5. The fourth-order valence-electron chi connectivity index (χ4n) is 4.33. The maximum atomic E-state index is 2.41. The van der Waals surface area contributed by atoms with Crippen LogP contribution in [0.5, 0.6) is 0 Å². The second-order valence-corrected chi connectivity index (χ2v) is 9.82. The first-order valence-corrected chi connectivity index (χ1v) is 14.7. The quantitative estimate of drug-likeness (QED) is 0.0941. The lowest BCUT2D eigenvalue weighted by atomic mass is 10.0. The monoisotopic (exact) mass is 432 g/mol. The van der Waals surface area contributed by atoms with Crippen molar-refractivity contribution in [2.45, 2.75) is 174 Å². The molecule has 0 spiro atoms. The summed E-state index contributed by atoms with van der Waals surface area (Å²) in [6.45, 7) is 4.56. The lowest BCUT2D eigenvalue weighted by Gasteiger charge is -2.03. The average Bonchev–Trinajstić information content (AvgIpc) is 2.78. The highest BCUT2D eigenvalue weighted by atomic mass is 14.0. The van der Waals surface area contributed by atoms with E-state index in [0.29, 0.717) is 0 Å². The standard InChI is InChI=1S/C31H60/c1-3-5-7-9-11-13-15-17-19-21-23-25-27-29-31-30-28-26-24-22-20-18-16-14-12-10-8-6-4-2/h9,11,17,19H,3-8,10,12-16,18,20-31H2,1-2H3/b11-9+,19-17+. The molecule has 0 atom stereocenters. The lowest BCUT2D eigenvalue weighted by molar-refractivity contribution is 0.523. The predicted molar refractivity (Wildman–Crippen MR) is 145 cm³/mol. The Morgan fingerprint density at radius 2 is 0.516 bits per heavy atom. The molecule has 0 radical (unpaired) electrons. The maximum absolute atomic E-state index is 2.41. The Morgan fingerprint density at radius 3 is 0.871 bits per heavy atom. The van der Waals surface area contributed by atoms with Gasteiger partial charge in [0.15, 0.2) is 0 Å². The van der Waals surface area contributed by atoms with E-state index in [2.05, 4.69) is 38.2 Å². The van der Waals surface area contributed by atoms with E-state index in [1.807, 2.05) is 0 Å². The van der Waals surface area contributed by atoms with Crippen molar-refractivity contribution in [2.24, 2.45) is 0 Å². The summed E-state index contributed by atoms with van der Waals surface area (Å²) in [5, 5.41) is 0. The number of unbranched alkanes of at least 4 members (excludes halogenated alkanes) is 22. The summed E-state index contributed by atoms with van der Waals surface area (Å²) in [6.07, 6.45) is 44.9. The van der Waals surface area contributed by atoms with Gasteiger partial charge in [0.2, 0.25) is 0 Å². The van der Waals surface area contributed by atoms with Gasteiger partial charge in [-0.05, 0) is 32.1 Å². The first kappa shape index (κ1) is 30.5. The van der Waals surface area contributed by atoms with Gasteiger partial charge < -0.3 is 0 Å². The van der Waals surface area contributed by atoms with Crippen molar-refractivity contribution in [3.8, 4) is 0 Å². The van der Waals surface area contributed by atoms with Crippen LogP contribution >= 0.6 is 0 Å². The predicted octanol–water partition coefficient (Wildman–Crippen LogP) is 11.9. The highest BCUT2D eigenvalue weighted by Gasteiger charge is 1.95. The van der Waals surface area contributed by atoms with E-state index in [-0.39, 0.29) is 0 Å². The Morgan fingerprint density at radius 1 is 0.258 bits per heavy atom. The molecular weight excluding hydrogens is 372 g/mol. The Hall–Kier alpha value is -0.520. The van der Waals surface area contributed by atoms with Crippen LogP contribution in [-0.4, -0.2) is 0 Å². The van der Waals surface area contributed by atoms with E-state index in [9.17, 15) is 0 Å². The van der Waals surface area contributed by atoms with Crippen LogP contribution in [-0.2, 0) is 0 Å². The molecule has 0 saturated carbocycles. The smallest absolute Gasteiger partial charge is 0.0316 e. The second kappa shape index (κ2) is 29.5. The van der Waals surface area contributed by atoms with Crippen LogP contribution in [0.15, 0.2) is 24.3 Å². The van der Waals surface area contributed by atoms with Crippen molar-refractivity contribution in [2.75, 3.05) is 0 Å². The minimum Gasteiger partial charge on any atom is -0.0885 e. The van der Waals surface area contributed by atoms with Gasteiger partial charge in [0, 0.05) is 0 Å². The zero-order chi connectivity index (χ0) is 22.5. The van der Waals surface area contributed by atoms with E-state index < -0.39 is 0 Å². The molecule has 0 nitrogen and oxygen atoms in total. The van der Waals surface area contributed by atoms with Crippen LogP contribution in [0.1, 0.15) is 174 Å². The topological polar surface area (TPSA) is 0 Å². The summed E-state index contributed by atoms with van der Waals surface area (Å²) < 4.78 is 0. The van der Waals surface area contributed by atoms with Gasteiger partial charge in [-0.1, -0.05) is 167 Å². The second-order valence-electron chi connectivity index (χ2n) is 9.82. The highest BCUT2D eigenvalue weighted by molar-refractivity contribution is 4.87. The van der Waals surface area contributed by atoms with Crippen LogP contribution in [0.2, 0.25) is 0 Å². The SMILES string of the molecule is CCCC/C=C/CC/C=C/CCCCCCCCCCCCCCCCCCCCC. The number of rotatable bonds is 26. The van der Waals surface area contributed by atoms with E-state index in [1.165, 1.54) is 161 Å². The van der Waals surface area contributed by atoms with Gasteiger partial charge in [-0.2, -0.15) is 0 Å². The van der Waals surface area contributed by atoms with Crippen molar-refractivity contribution in [3.05, 3.63) is 24.3 Å². The zero-order valence-electron chi connectivity index (χ0n) is 22.0. The molecule has 0 aliphatic rings. The van der Waals surface area contributed by atoms with E-state index in [1.54, 1.807) is 0 Å². The Labute approximate surface area is 198 Å². The number of allylic oxidation sites excluding steroid dienone is 4. The van der Waals surface area contributed by atoms with Crippen LogP contribution in [0.3, 0.4) is 0 Å². The van der Waals surface area contributed by atoms with Gasteiger partial charge in [0.1, 0.15) is 0 Å². The summed E-state index contributed by atoms with van der Waals surface area (Å²) in [6, 6.07) is 0. The van der Waals surface area contributed by atoms with Crippen molar-refractivity contribution in [1.82, 2.24) is 0 Å². The Balaban J connectivity index is 3.08. The molecule has 0 unspecified atom stereocenters. The molecule has 0 bridgehead atoms. The summed E-state index contributed by atoms with van der Waals surface area (Å²) >= 11 is 0. The molecule has 0 fully saturated rings. The molecule has 0 heterocycles. The highest BCUT2D eigenvalue weighted by Crippen LogP contribution is 2.15. The number of hydrogen-bond acceptors (Lipinski definition) is 0. The fourth-order valence-corrected chi connectivity index (χ4v) is 4.33. The number of hydrogen-bond donors (Lipinski definition) is 0. The van der Waals surface area contributed by atoms with Gasteiger partial charge in [-0.3, -0.25) is 0 Å². The van der Waals surface area contributed by atoms with Crippen molar-refractivity contribution >= 4 is 0 Å². The molecule has 0 heteroatoms. The van der Waals surface area contributed by atoms with Crippen molar-refractivity contribution in [3.63, 3.8) is 0 Å². The third-order valence-electron chi connectivity index (χ3n) is 6.53. The minimum absolute atomic E-state index is 1.22. The molecule has 0 saturated heterocycles. The Kier molecular flexibility index (Phi) is 29.0. The average molecular weight is 433 g/mol. The maximum Gasteiger partial charge on any atom is -0.0316 e. The largest absolute Gasteiger partial charge is 0.0885 e. The molecule has 0 amide bonds. The van der Waals surface area contributed by atoms with Crippen LogP contribution in [0.25, 0.3) is 0 Å². The molecule has 0 aromatic carbocycles. The van der Waals surface area contributed by atoms with Crippen LogP contribution < -0.4 is 0 Å². The van der Waals surface area contributed by atoms with E-state index in [4.69, 9.17) is 0 Å². The van der Waals surface area contributed by atoms with E-state index >= 15 is 0 Å². The van der Waals surface area contributed by atoms with Crippen molar-refractivity contribution in [1.29, 1.82) is 0 Å². The fraction of sp³-hybridized carbons (Fsp3) is 0.871. The van der Waals surface area contributed by atoms with Crippen molar-refractivity contribution < 1.29 is 0 Å². The van der Waals surface area contributed by atoms with Gasteiger partial charge in [0.25, 0.3) is 0 Å². The summed E-state index contributed by atoms with van der Waals surface area (Å²) in [4.78, 5) is 0. The molecule has 0 rings (SSSR count). The normalized spacial score (nSPS) is 11.9. The molecule has 0 aliphatic carbocycles. The van der Waals surface area contributed by atoms with Gasteiger partial charge in [-0.15, -0.1) is 0 Å². The van der Waals surface area contributed by atoms with Gasteiger partial charge >= 0.3 is 0 Å². The molecule has 0 N–H and O–H groups in total. The summed E-state index contributed by atoms with van der Waals surface area (Å²) in [5.74, 6) is 0. The zero-order valence-corrected chi connectivity index (χ0v) is 22.0. The van der Waals surface area contributed by atoms with Crippen LogP contribution in [0, 0.1) is 0 Å². The molecular formula is C31H60. The van der Waals surface area contributed by atoms with Gasteiger partial charge in [-0.25, -0.2) is 0 Å². The van der Waals surface area contributed by atoms with Gasteiger partial charge in [0.05, 0.1) is 0 Å². The first-order chi connectivity index (χ1) is 15.4. The van der Waals surface area contributed by atoms with Crippen LogP contribution in [0.4, 0.5) is 0 Å². The van der Waals surface area contributed by atoms with E-state index in [0.717, 1.165) is 0 Å². The third-order valence-corrected chi connectivity index (χ3v) is 6.53. The molecule has 184 valence electrons. The lowest BCUT2D eigenvalue weighted by Crippen LogP contribution is -1.84. The Bertz CT molecular complexity index is 351. The summed E-state index contributed by atoms with van der Waals surface area (Å²) in [7, 11) is 0. The first-order valence-electron chi connectivity index (χ1n) is 14.7. The summed E-state index contributed by atoms with van der Waals surface area (Å²) in [5.41, 5.74) is 0. The molecule has 0 aromatic rings. The minimum atomic E-state index is 1.22. The molecule has 0 aliphatic heterocycles. The molecule has 31 heavy (non-hydrogen) atoms.